The van der Waals surface area contributed by atoms with Gasteiger partial charge in [-0.2, -0.15) is 10.2 Å². The van der Waals surface area contributed by atoms with Gasteiger partial charge < -0.3 is 19.5 Å². The van der Waals surface area contributed by atoms with E-state index in [1.54, 1.807) is 0 Å². The van der Waals surface area contributed by atoms with Crippen LogP contribution in [0, 0.1) is 6.92 Å². The van der Waals surface area contributed by atoms with Crippen molar-refractivity contribution in [3.05, 3.63) is 82.2 Å². The quantitative estimate of drug-likeness (QED) is 0.299. The van der Waals surface area contributed by atoms with E-state index < -0.39 is 0 Å². The van der Waals surface area contributed by atoms with Crippen LogP contribution in [0.25, 0.3) is 17.0 Å². The second kappa shape index (κ2) is 11.6. The van der Waals surface area contributed by atoms with Crippen LogP contribution in [0.4, 0.5) is 5.69 Å². The number of aromatic nitrogens is 1. The van der Waals surface area contributed by atoms with Crippen molar-refractivity contribution in [1.82, 2.24) is 9.88 Å². The van der Waals surface area contributed by atoms with Crippen molar-refractivity contribution in [2.75, 3.05) is 44.3 Å². The average Bonchev–Trinajstić information content (AvgIpc) is 3.48. The second-order valence-corrected chi connectivity index (χ2v) is 9.61. The molecule has 5 rings (SSSR count). The summed E-state index contributed by atoms with van der Waals surface area (Å²) in [5, 5.41) is 10.1. The molecule has 1 aromatic heterocycles. The molecule has 2 aromatic carbocycles. The predicted octanol–water partition coefficient (Wildman–Crippen LogP) is 6.19. The molecule has 0 saturated carbocycles. The fourth-order valence-corrected chi connectivity index (χ4v) is 5.40. The molecule has 1 aliphatic carbocycles. The van der Waals surface area contributed by atoms with Crippen molar-refractivity contribution in [2.45, 2.75) is 33.6 Å². The molecule has 3 aromatic rings. The first-order chi connectivity index (χ1) is 18.2. The Hall–Kier alpha value is -3.64. The lowest BCUT2D eigenvalue weighted by Gasteiger charge is -2.31. The minimum absolute atomic E-state index is 0.762. The number of allylic oxidation sites excluding steroid dienone is 2. The summed E-state index contributed by atoms with van der Waals surface area (Å²) in [4.78, 5) is 8.26. The van der Waals surface area contributed by atoms with E-state index in [9.17, 15) is 0 Å². The molecule has 0 spiro atoms. The van der Waals surface area contributed by atoms with Gasteiger partial charge in [-0.15, -0.1) is 0 Å². The number of aryl methyl sites for hydroxylation is 1. The molecule has 0 atom stereocenters. The fourth-order valence-electron chi connectivity index (χ4n) is 5.40. The zero-order chi connectivity index (χ0) is 25.6. The minimum atomic E-state index is 0.762. The first-order valence-electron chi connectivity index (χ1n) is 13.4. The van der Waals surface area contributed by atoms with Crippen LogP contribution in [-0.4, -0.2) is 61.7 Å². The molecule has 6 heteroatoms. The van der Waals surface area contributed by atoms with Gasteiger partial charge >= 0.3 is 0 Å². The number of hydrogen-bond acceptors (Lipinski definition) is 5. The highest BCUT2D eigenvalue weighted by molar-refractivity contribution is 6.00. The van der Waals surface area contributed by atoms with Crippen molar-refractivity contribution < 1.29 is 4.74 Å². The molecular formula is C31H37N5O. The van der Waals surface area contributed by atoms with Crippen LogP contribution in [0.5, 0.6) is 0 Å². The maximum absolute atomic E-state index is 5.64. The summed E-state index contributed by atoms with van der Waals surface area (Å²) in [6.45, 7) is 11.9. The molecule has 37 heavy (non-hydrogen) atoms. The predicted molar refractivity (Wildman–Crippen MR) is 156 cm³/mol. The Labute approximate surface area is 220 Å². The maximum atomic E-state index is 5.64. The third-order valence-electron chi connectivity index (χ3n) is 7.37. The number of ether oxygens (including phenoxy) is 1. The van der Waals surface area contributed by atoms with E-state index in [1.807, 2.05) is 18.5 Å². The lowest BCUT2D eigenvalue weighted by Crippen LogP contribution is -2.36. The van der Waals surface area contributed by atoms with Crippen LogP contribution >= 0.6 is 0 Å². The highest BCUT2D eigenvalue weighted by Crippen LogP contribution is 2.35. The van der Waals surface area contributed by atoms with E-state index in [1.165, 1.54) is 33.5 Å². The summed E-state index contributed by atoms with van der Waals surface area (Å²) in [5.74, 6) is 0. The van der Waals surface area contributed by atoms with Crippen molar-refractivity contribution in [2.24, 2.45) is 10.2 Å². The Balaban J connectivity index is 1.40. The standard InChI is InChI=1S/C31H37N5O/c1-4-35(5-2)27-14-10-24(11-15-27)20-25-12-13-26(31(25)36-16-18-37-19-17-36)21-32-33-22-29-23(3)34-30-9-7-6-8-28(29)30/h6-11,14-15,20-22,34H,4-5,12-13,16-19H2,1-3H3/b25-20+,32-21+,33-22+. The van der Waals surface area contributed by atoms with Gasteiger partial charge in [0, 0.05) is 59.7 Å². The zero-order valence-electron chi connectivity index (χ0n) is 22.2. The van der Waals surface area contributed by atoms with E-state index in [-0.39, 0.29) is 0 Å². The van der Waals surface area contributed by atoms with Crippen molar-refractivity contribution in [3.63, 3.8) is 0 Å². The Kier molecular flexibility index (Phi) is 7.85. The molecular weight excluding hydrogens is 458 g/mol. The molecule has 2 aliphatic rings. The summed E-state index contributed by atoms with van der Waals surface area (Å²) < 4.78 is 5.64. The van der Waals surface area contributed by atoms with Crippen LogP contribution in [0.2, 0.25) is 0 Å². The number of fused-ring (bicyclic) bond motifs is 1. The summed E-state index contributed by atoms with van der Waals surface area (Å²) >= 11 is 0. The van der Waals surface area contributed by atoms with Crippen LogP contribution in [0.1, 0.15) is 43.5 Å². The van der Waals surface area contributed by atoms with Gasteiger partial charge in [0.05, 0.1) is 25.6 Å². The number of nitrogens with one attached hydrogen (secondary N) is 1. The number of nitrogens with zero attached hydrogens (tertiary/aromatic N) is 4. The molecule has 0 bridgehead atoms. The fraction of sp³-hybridized carbons (Fsp3) is 0.355. The first-order valence-corrected chi connectivity index (χ1v) is 13.4. The maximum Gasteiger partial charge on any atom is 0.0642 e. The van der Waals surface area contributed by atoms with Gasteiger partial charge in [0.2, 0.25) is 0 Å². The molecule has 1 N–H and O–H groups in total. The van der Waals surface area contributed by atoms with E-state index >= 15 is 0 Å². The number of anilines is 1. The van der Waals surface area contributed by atoms with Crippen molar-refractivity contribution in [3.8, 4) is 0 Å². The third kappa shape index (κ3) is 5.54. The van der Waals surface area contributed by atoms with Gasteiger partial charge in [-0.3, -0.25) is 0 Å². The van der Waals surface area contributed by atoms with Crippen LogP contribution < -0.4 is 4.90 Å². The van der Waals surface area contributed by atoms with Gasteiger partial charge in [-0.1, -0.05) is 30.3 Å². The number of morpholine rings is 1. The van der Waals surface area contributed by atoms with Crippen molar-refractivity contribution in [1.29, 1.82) is 0 Å². The van der Waals surface area contributed by atoms with E-state index in [4.69, 9.17) is 4.74 Å². The molecule has 1 fully saturated rings. The van der Waals surface area contributed by atoms with E-state index in [2.05, 4.69) is 94.3 Å². The normalized spacial score (nSPS) is 17.8. The summed E-state index contributed by atoms with van der Waals surface area (Å²) in [6.07, 6.45) is 8.15. The molecule has 1 aliphatic heterocycles. The number of para-hydroxylation sites is 1. The van der Waals surface area contributed by atoms with Gasteiger partial charge in [0.1, 0.15) is 0 Å². The zero-order valence-corrected chi connectivity index (χ0v) is 22.2. The van der Waals surface area contributed by atoms with Gasteiger partial charge in [0.15, 0.2) is 0 Å². The smallest absolute Gasteiger partial charge is 0.0642 e. The Morgan fingerprint density at radius 1 is 0.946 bits per heavy atom. The largest absolute Gasteiger partial charge is 0.378 e. The molecule has 6 nitrogen and oxygen atoms in total. The van der Waals surface area contributed by atoms with Gasteiger partial charge in [-0.25, -0.2) is 0 Å². The number of benzene rings is 2. The lowest BCUT2D eigenvalue weighted by molar-refractivity contribution is 0.0548. The SMILES string of the molecule is CCN(CC)c1ccc(/C=C2\CCC(/C=N/N=C/c3c(C)[nH]c4ccccc34)=C2N2CCOCC2)cc1. The average molecular weight is 496 g/mol. The second-order valence-electron chi connectivity index (χ2n) is 9.61. The highest BCUT2D eigenvalue weighted by atomic mass is 16.5. The molecule has 0 amide bonds. The van der Waals surface area contributed by atoms with E-state index in [0.717, 1.165) is 69.0 Å². The number of H-pyrrole nitrogens is 1. The number of hydrogen-bond donors (Lipinski definition) is 1. The van der Waals surface area contributed by atoms with Gasteiger partial charge in [0.25, 0.3) is 0 Å². The van der Waals surface area contributed by atoms with Crippen LogP contribution in [-0.2, 0) is 4.74 Å². The topological polar surface area (TPSA) is 56.2 Å². The Morgan fingerprint density at radius 3 is 2.43 bits per heavy atom. The molecule has 192 valence electrons. The van der Waals surface area contributed by atoms with Crippen molar-refractivity contribution >= 4 is 35.1 Å². The molecule has 2 heterocycles. The third-order valence-corrected chi connectivity index (χ3v) is 7.37. The number of aromatic amines is 1. The molecule has 0 unspecified atom stereocenters. The summed E-state index contributed by atoms with van der Waals surface area (Å²) in [6, 6.07) is 17.2. The number of rotatable bonds is 8. The minimum Gasteiger partial charge on any atom is -0.378 e. The van der Waals surface area contributed by atoms with Crippen LogP contribution in [0.3, 0.4) is 0 Å². The van der Waals surface area contributed by atoms with Gasteiger partial charge in [-0.05, 0) is 74.6 Å². The Morgan fingerprint density at radius 2 is 1.68 bits per heavy atom. The molecule has 0 radical (unpaired) electrons. The Bertz CT molecular complexity index is 1340. The summed E-state index contributed by atoms with van der Waals surface area (Å²) in [5.41, 5.74) is 9.76. The van der Waals surface area contributed by atoms with Crippen LogP contribution in [0.15, 0.2) is 75.6 Å². The molecule has 1 saturated heterocycles. The first kappa shape index (κ1) is 25.0. The highest BCUT2D eigenvalue weighted by Gasteiger charge is 2.25. The lowest BCUT2D eigenvalue weighted by atomic mass is 10.1. The van der Waals surface area contributed by atoms with E-state index in [0.29, 0.717) is 0 Å². The summed E-state index contributed by atoms with van der Waals surface area (Å²) in [7, 11) is 0. The monoisotopic (exact) mass is 495 g/mol.